The average molecular weight is 330 g/mol. The number of benzene rings is 1. The molecule has 1 heterocycles. The van der Waals surface area contributed by atoms with Crippen LogP contribution in [0.25, 0.3) is 0 Å². The Hall–Kier alpha value is -1.88. The van der Waals surface area contributed by atoms with Gasteiger partial charge in [-0.3, -0.25) is 14.5 Å². The molecule has 1 N–H and O–H groups in total. The first-order valence-corrected chi connectivity index (χ1v) is 8.80. The first-order chi connectivity index (χ1) is 11.2. The highest BCUT2D eigenvalue weighted by molar-refractivity contribution is 6.14. The Morgan fingerprint density at radius 2 is 1.88 bits per heavy atom. The van der Waals surface area contributed by atoms with Crippen molar-refractivity contribution in [1.82, 2.24) is 0 Å². The topological polar surface area (TPSA) is 49.4 Å². The lowest BCUT2D eigenvalue weighted by Gasteiger charge is -2.44. The fraction of sp³-hybridized carbons (Fsp3) is 0.579. The SMILES string of the molecule is CC1(C)C(=O)Nc2ccccc2N1C(=O)C[N+](C)(C)C1CCCC1. The summed E-state index contributed by atoms with van der Waals surface area (Å²) in [7, 11) is 4.27. The molecule has 2 aliphatic rings. The molecule has 1 aliphatic heterocycles. The number of hydrogen-bond donors (Lipinski definition) is 1. The summed E-state index contributed by atoms with van der Waals surface area (Å²) >= 11 is 0. The fourth-order valence-corrected chi connectivity index (χ4v) is 4.05. The van der Waals surface area contributed by atoms with E-state index in [1.54, 1.807) is 4.90 Å². The van der Waals surface area contributed by atoms with E-state index in [0.717, 1.165) is 5.69 Å². The third-order valence-corrected chi connectivity index (χ3v) is 5.61. The highest BCUT2D eigenvalue weighted by Crippen LogP contribution is 2.37. The number of anilines is 2. The van der Waals surface area contributed by atoms with E-state index in [1.807, 2.05) is 38.1 Å². The molecule has 0 aromatic heterocycles. The third-order valence-electron chi connectivity index (χ3n) is 5.61. The second-order valence-corrected chi connectivity index (χ2v) is 8.13. The lowest BCUT2D eigenvalue weighted by atomic mass is 9.96. The number of nitrogens with zero attached hydrogens (tertiary/aromatic N) is 2. The summed E-state index contributed by atoms with van der Waals surface area (Å²) in [6.45, 7) is 4.03. The molecule has 1 aliphatic carbocycles. The number of para-hydroxylation sites is 2. The van der Waals surface area contributed by atoms with Gasteiger partial charge in [0.25, 0.3) is 5.91 Å². The second kappa shape index (κ2) is 5.88. The lowest BCUT2D eigenvalue weighted by molar-refractivity contribution is -0.906. The van der Waals surface area contributed by atoms with Crippen LogP contribution in [0.4, 0.5) is 11.4 Å². The molecule has 0 bridgehead atoms. The zero-order chi connectivity index (χ0) is 17.5. The molecule has 5 nitrogen and oxygen atoms in total. The van der Waals surface area contributed by atoms with E-state index in [2.05, 4.69) is 19.4 Å². The van der Waals surface area contributed by atoms with Crippen LogP contribution in [0.1, 0.15) is 39.5 Å². The van der Waals surface area contributed by atoms with E-state index in [9.17, 15) is 9.59 Å². The van der Waals surface area contributed by atoms with E-state index in [0.29, 0.717) is 22.8 Å². The smallest absolute Gasteiger partial charge is 0.283 e. The lowest BCUT2D eigenvalue weighted by Crippen LogP contribution is -2.62. The number of carbonyl (C=O) groups excluding carboxylic acids is 2. The van der Waals surface area contributed by atoms with Crippen molar-refractivity contribution >= 4 is 23.2 Å². The Morgan fingerprint density at radius 1 is 1.25 bits per heavy atom. The number of fused-ring (bicyclic) bond motifs is 1. The van der Waals surface area contributed by atoms with Gasteiger partial charge in [0.1, 0.15) is 5.54 Å². The molecule has 130 valence electrons. The van der Waals surface area contributed by atoms with E-state index < -0.39 is 5.54 Å². The maximum absolute atomic E-state index is 13.2. The van der Waals surface area contributed by atoms with E-state index in [1.165, 1.54) is 25.7 Å². The van der Waals surface area contributed by atoms with Crippen LogP contribution >= 0.6 is 0 Å². The fourth-order valence-electron chi connectivity index (χ4n) is 4.05. The van der Waals surface area contributed by atoms with Gasteiger partial charge in [-0.25, -0.2) is 0 Å². The van der Waals surface area contributed by atoms with Gasteiger partial charge in [-0.2, -0.15) is 0 Å². The average Bonchev–Trinajstić information content (AvgIpc) is 3.02. The molecular formula is C19H28N3O2+. The van der Waals surface area contributed by atoms with Gasteiger partial charge >= 0.3 is 0 Å². The van der Waals surface area contributed by atoms with Gasteiger partial charge < -0.3 is 9.80 Å². The number of carbonyl (C=O) groups is 2. The van der Waals surface area contributed by atoms with Crippen LogP contribution in [0.2, 0.25) is 0 Å². The molecule has 0 unspecified atom stereocenters. The molecule has 1 aromatic carbocycles. The van der Waals surface area contributed by atoms with E-state index in [4.69, 9.17) is 0 Å². The first kappa shape index (κ1) is 17.0. The van der Waals surface area contributed by atoms with Gasteiger partial charge in [-0.15, -0.1) is 0 Å². The largest absolute Gasteiger partial charge is 0.322 e. The van der Waals surface area contributed by atoms with Crippen LogP contribution in [0.5, 0.6) is 0 Å². The summed E-state index contributed by atoms with van der Waals surface area (Å²) in [5, 5.41) is 2.92. The molecule has 0 spiro atoms. The van der Waals surface area contributed by atoms with Crippen molar-refractivity contribution in [2.24, 2.45) is 0 Å². The quantitative estimate of drug-likeness (QED) is 0.867. The number of amides is 2. The van der Waals surface area contributed by atoms with Gasteiger partial charge in [0.05, 0.1) is 31.5 Å². The molecule has 0 radical (unpaired) electrons. The van der Waals surface area contributed by atoms with Crippen LogP contribution in [0.15, 0.2) is 24.3 Å². The first-order valence-electron chi connectivity index (χ1n) is 8.80. The Kier molecular flexibility index (Phi) is 4.16. The minimum absolute atomic E-state index is 0.0131. The zero-order valence-electron chi connectivity index (χ0n) is 15.1. The number of hydrogen-bond acceptors (Lipinski definition) is 2. The maximum atomic E-state index is 13.2. The van der Waals surface area contributed by atoms with Crippen molar-refractivity contribution < 1.29 is 14.1 Å². The maximum Gasteiger partial charge on any atom is 0.283 e. The number of rotatable bonds is 3. The Morgan fingerprint density at radius 3 is 2.54 bits per heavy atom. The van der Waals surface area contributed by atoms with Crippen LogP contribution in [-0.2, 0) is 9.59 Å². The number of quaternary nitrogens is 1. The predicted molar refractivity (Wildman–Crippen MR) is 95.9 cm³/mol. The standard InChI is InChI=1S/C19H27N3O2/c1-19(2)18(24)20-15-11-7-8-12-16(15)21(19)17(23)13-22(3,4)14-9-5-6-10-14/h7-8,11-12,14H,5-6,9-10,13H2,1-4H3/p+1. The number of likely N-dealkylation sites (N-methyl/N-ethyl adjacent to an activating group) is 1. The molecular weight excluding hydrogens is 302 g/mol. The predicted octanol–water partition coefficient (Wildman–Crippen LogP) is 2.77. The van der Waals surface area contributed by atoms with E-state index >= 15 is 0 Å². The summed E-state index contributed by atoms with van der Waals surface area (Å²) < 4.78 is 0.690. The molecule has 0 atom stereocenters. The molecule has 1 fully saturated rings. The summed E-state index contributed by atoms with van der Waals surface area (Å²) in [4.78, 5) is 27.4. The van der Waals surface area contributed by atoms with Crippen molar-refractivity contribution in [1.29, 1.82) is 0 Å². The summed E-state index contributed by atoms with van der Waals surface area (Å²) in [6.07, 6.45) is 4.86. The van der Waals surface area contributed by atoms with Crippen molar-refractivity contribution in [3.63, 3.8) is 0 Å². The van der Waals surface area contributed by atoms with Crippen LogP contribution in [-0.4, -0.2) is 48.5 Å². The minimum atomic E-state index is -0.888. The van der Waals surface area contributed by atoms with Gasteiger partial charge in [0, 0.05) is 0 Å². The van der Waals surface area contributed by atoms with Crippen molar-refractivity contribution in [2.45, 2.75) is 51.1 Å². The molecule has 1 aromatic rings. The van der Waals surface area contributed by atoms with Gasteiger partial charge in [0.15, 0.2) is 6.54 Å². The molecule has 5 heteroatoms. The number of nitrogens with one attached hydrogen (secondary N) is 1. The van der Waals surface area contributed by atoms with Gasteiger partial charge in [0.2, 0.25) is 5.91 Å². The monoisotopic (exact) mass is 330 g/mol. The van der Waals surface area contributed by atoms with Gasteiger partial charge in [-0.1, -0.05) is 12.1 Å². The van der Waals surface area contributed by atoms with Crippen LogP contribution < -0.4 is 10.2 Å². The zero-order valence-corrected chi connectivity index (χ0v) is 15.1. The Bertz CT molecular complexity index is 660. The highest BCUT2D eigenvalue weighted by Gasteiger charge is 2.45. The summed E-state index contributed by atoms with van der Waals surface area (Å²) in [5.74, 6) is -0.125. The summed E-state index contributed by atoms with van der Waals surface area (Å²) in [6, 6.07) is 8.07. The third kappa shape index (κ3) is 2.81. The summed E-state index contributed by atoms with van der Waals surface area (Å²) in [5.41, 5.74) is 0.612. The minimum Gasteiger partial charge on any atom is -0.322 e. The molecule has 1 saturated carbocycles. The van der Waals surface area contributed by atoms with Crippen LogP contribution in [0, 0.1) is 0 Å². The van der Waals surface area contributed by atoms with Gasteiger partial charge in [-0.05, 0) is 51.7 Å². The van der Waals surface area contributed by atoms with E-state index in [-0.39, 0.29) is 11.8 Å². The molecule has 3 rings (SSSR count). The Labute approximate surface area is 144 Å². The van der Waals surface area contributed by atoms with Crippen LogP contribution in [0.3, 0.4) is 0 Å². The second-order valence-electron chi connectivity index (χ2n) is 8.13. The van der Waals surface area contributed by atoms with Crippen molar-refractivity contribution in [3.8, 4) is 0 Å². The highest BCUT2D eigenvalue weighted by atomic mass is 16.2. The molecule has 2 amide bonds. The molecule has 0 saturated heterocycles. The van der Waals surface area contributed by atoms with Crippen molar-refractivity contribution in [3.05, 3.63) is 24.3 Å². The Balaban J connectivity index is 1.91. The van der Waals surface area contributed by atoms with Crippen molar-refractivity contribution in [2.75, 3.05) is 30.9 Å². The normalized spacial score (nSPS) is 20.7. The molecule has 24 heavy (non-hydrogen) atoms.